The third-order valence-corrected chi connectivity index (χ3v) is 2.99. The summed E-state index contributed by atoms with van der Waals surface area (Å²) in [5.41, 5.74) is 2.28. The molecule has 0 saturated heterocycles. The van der Waals surface area contributed by atoms with Crippen LogP contribution in [0.15, 0.2) is 6.33 Å². The molecule has 1 aliphatic carbocycles. The molecule has 84 valence electrons. The monoisotopic (exact) mass is 209 g/mol. The van der Waals surface area contributed by atoms with Crippen LogP contribution in [0.2, 0.25) is 0 Å². The number of hydrogen-bond donors (Lipinski definition) is 2. The van der Waals surface area contributed by atoms with E-state index in [9.17, 15) is 0 Å². The van der Waals surface area contributed by atoms with Crippen molar-refractivity contribution in [2.45, 2.75) is 45.4 Å². The fraction of sp³-hybridized carbons (Fsp3) is 0.727. The number of rotatable bonds is 5. The fourth-order valence-corrected chi connectivity index (χ4v) is 1.91. The maximum Gasteiger partial charge on any atom is 0.0925 e. The van der Waals surface area contributed by atoms with Crippen molar-refractivity contribution in [2.75, 3.05) is 6.61 Å². The number of aromatic amines is 1. The van der Waals surface area contributed by atoms with Gasteiger partial charge in [0.2, 0.25) is 0 Å². The average Bonchev–Trinajstić information content (AvgIpc) is 2.55. The summed E-state index contributed by atoms with van der Waals surface area (Å²) in [4.78, 5) is 7.33. The summed E-state index contributed by atoms with van der Waals surface area (Å²) in [7, 11) is 0. The van der Waals surface area contributed by atoms with Crippen LogP contribution in [-0.2, 0) is 11.3 Å². The third kappa shape index (κ3) is 2.58. The van der Waals surface area contributed by atoms with E-state index >= 15 is 0 Å². The molecule has 4 heteroatoms. The van der Waals surface area contributed by atoms with Crippen molar-refractivity contribution in [1.29, 1.82) is 0 Å². The number of aryl methyl sites for hydroxylation is 1. The van der Waals surface area contributed by atoms with E-state index in [4.69, 9.17) is 4.74 Å². The van der Waals surface area contributed by atoms with Gasteiger partial charge in [-0.1, -0.05) is 0 Å². The van der Waals surface area contributed by atoms with Gasteiger partial charge in [-0.3, -0.25) is 0 Å². The smallest absolute Gasteiger partial charge is 0.0925 e. The summed E-state index contributed by atoms with van der Waals surface area (Å²) in [6.07, 6.45) is 4.50. The van der Waals surface area contributed by atoms with Crippen molar-refractivity contribution in [2.24, 2.45) is 0 Å². The molecule has 0 radical (unpaired) electrons. The molecule has 1 aromatic heterocycles. The molecule has 1 fully saturated rings. The van der Waals surface area contributed by atoms with E-state index in [1.165, 1.54) is 0 Å². The van der Waals surface area contributed by atoms with Gasteiger partial charge in [0.15, 0.2) is 0 Å². The van der Waals surface area contributed by atoms with E-state index in [1.54, 1.807) is 6.33 Å². The van der Waals surface area contributed by atoms with E-state index in [0.717, 1.165) is 37.4 Å². The van der Waals surface area contributed by atoms with Crippen LogP contribution in [0, 0.1) is 6.92 Å². The Hall–Kier alpha value is -0.870. The summed E-state index contributed by atoms with van der Waals surface area (Å²) in [6, 6.07) is 0.609. The first-order chi connectivity index (χ1) is 7.29. The molecule has 4 nitrogen and oxygen atoms in total. The van der Waals surface area contributed by atoms with Crippen molar-refractivity contribution < 1.29 is 4.74 Å². The zero-order valence-electron chi connectivity index (χ0n) is 9.42. The van der Waals surface area contributed by atoms with Gasteiger partial charge in [0, 0.05) is 24.9 Å². The van der Waals surface area contributed by atoms with Crippen molar-refractivity contribution in [3.8, 4) is 0 Å². The van der Waals surface area contributed by atoms with Gasteiger partial charge in [-0.25, -0.2) is 4.98 Å². The van der Waals surface area contributed by atoms with Crippen LogP contribution in [0.5, 0.6) is 0 Å². The highest BCUT2D eigenvalue weighted by Gasteiger charge is 2.28. The second kappa shape index (κ2) is 4.77. The number of imidazole rings is 1. The molecule has 1 saturated carbocycles. The first-order valence-electron chi connectivity index (χ1n) is 5.63. The SMILES string of the molecule is CCOC1CC(NCc2nc[nH]c2C)C1. The van der Waals surface area contributed by atoms with Gasteiger partial charge in [0.05, 0.1) is 18.1 Å². The molecular weight excluding hydrogens is 190 g/mol. The summed E-state index contributed by atoms with van der Waals surface area (Å²) < 4.78 is 5.51. The Bertz CT molecular complexity index is 305. The standard InChI is InChI=1S/C11H19N3O/c1-3-15-10-4-9(5-10)12-6-11-8(2)13-7-14-11/h7,9-10,12H,3-6H2,1-2H3,(H,13,14). The second-order valence-corrected chi connectivity index (χ2v) is 4.10. The quantitative estimate of drug-likeness (QED) is 0.770. The van der Waals surface area contributed by atoms with Crippen LogP contribution >= 0.6 is 0 Å². The Morgan fingerprint density at radius 1 is 1.60 bits per heavy atom. The highest BCUT2D eigenvalue weighted by molar-refractivity contribution is 5.08. The minimum atomic E-state index is 0.479. The summed E-state index contributed by atoms with van der Waals surface area (Å²) >= 11 is 0. The van der Waals surface area contributed by atoms with Crippen LogP contribution in [0.25, 0.3) is 0 Å². The van der Waals surface area contributed by atoms with E-state index in [2.05, 4.69) is 15.3 Å². The first kappa shape index (κ1) is 10.6. The molecular formula is C11H19N3O. The van der Waals surface area contributed by atoms with Gasteiger partial charge >= 0.3 is 0 Å². The Balaban J connectivity index is 1.66. The Kier molecular flexibility index (Phi) is 3.38. The Morgan fingerprint density at radius 2 is 2.40 bits per heavy atom. The van der Waals surface area contributed by atoms with Gasteiger partial charge in [0.25, 0.3) is 0 Å². The van der Waals surface area contributed by atoms with Crippen LogP contribution < -0.4 is 5.32 Å². The zero-order chi connectivity index (χ0) is 10.7. The summed E-state index contributed by atoms with van der Waals surface area (Å²) in [5.74, 6) is 0. The number of H-pyrrole nitrogens is 1. The molecule has 1 heterocycles. The second-order valence-electron chi connectivity index (χ2n) is 4.10. The average molecular weight is 209 g/mol. The molecule has 1 aliphatic rings. The summed E-state index contributed by atoms with van der Waals surface area (Å²) in [5, 5.41) is 3.49. The molecule has 0 aromatic carbocycles. The molecule has 0 bridgehead atoms. The van der Waals surface area contributed by atoms with Crippen molar-refractivity contribution in [3.63, 3.8) is 0 Å². The number of nitrogens with zero attached hydrogens (tertiary/aromatic N) is 1. The number of ether oxygens (including phenoxy) is 1. The number of nitrogens with one attached hydrogen (secondary N) is 2. The normalized spacial score (nSPS) is 25.2. The predicted molar refractivity (Wildman–Crippen MR) is 58.6 cm³/mol. The molecule has 1 aromatic rings. The van der Waals surface area contributed by atoms with Crippen LogP contribution in [0.3, 0.4) is 0 Å². The van der Waals surface area contributed by atoms with Crippen molar-refractivity contribution >= 4 is 0 Å². The number of aromatic nitrogens is 2. The molecule has 2 N–H and O–H groups in total. The van der Waals surface area contributed by atoms with Crippen molar-refractivity contribution in [3.05, 3.63) is 17.7 Å². The Morgan fingerprint density at radius 3 is 3.00 bits per heavy atom. The summed E-state index contributed by atoms with van der Waals surface area (Å²) in [6.45, 7) is 5.79. The predicted octanol–water partition coefficient (Wildman–Crippen LogP) is 1.38. The highest BCUT2D eigenvalue weighted by atomic mass is 16.5. The van der Waals surface area contributed by atoms with Crippen LogP contribution in [-0.4, -0.2) is 28.7 Å². The van der Waals surface area contributed by atoms with Crippen LogP contribution in [0.4, 0.5) is 0 Å². The minimum Gasteiger partial charge on any atom is -0.378 e. The fourth-order valence-electron chi connectivity index (χ4n) is 1.91. The van der Waals surface area contributed by atoms with Gasteiger partial charge in [-0.15, -0.1) is 0 Å². The largest absolute Gasteiger partial charge is 0.378 e. The molecule has 2 rings (SSSR count). The molecule has 15 heavy (non-hydrogen) atoms. The van der Waals surface area contributed by atoms with E-state index < -0.39 is 0 Å². The molecule has 0 spiro atoms. The van der Waals surface area contributed by atoms with Crippen LogP contribution in [0.1, 0.15) is 31.2 Å². The maximum atomic E-state index is 5.51. The Labute approximate surface area is 90.4 Å². The molecule has 0 atom stereocenters. The van der Waals surface area contributed by atoms with E-state index in [-0.39, 0.29) is 0 Å². The lowest BCUT2D eigenvalue weighted by Crippen LogP contribution is -2.45. The lowest BCUT2D eigenvalue weighted by atomic mass is 9.89. The van der Waals surface area contributed by atoms with Gasteiger partial charge in [-0.05, 0) is 26.7 Å². The molecule has 0 aliphatic heterocycles. The molecule has 0 unspecified atom stereocenters. The van der Waals surface area contributed by atoms with E-state index in [0.29, 0.717) is 12.1 Å². The van der Waals surface area contributed by atoms with Gasteiger partial charge < -0.3 is 15.0 Å². The van der Waals surface area contributed by atoms with Crippen molar-refractivity contribution in [1.82, 2.24) is 15.3 Å². The van der Waals surface area contributed by atoms with Gasteiger partial charge in [-0.2, -0.15) is 0 Å². The lowest BCUT2D eigenvalue weighted by Gasteiger charge is -2.35. The third-order valence-electron chi connectivity index (χ3n) is 2.99. The van der Waals surface area contributed by atoms with E-state index in [1.807, 2.05) is 13.8 Å². The topological polar surface area (TPSA) is 49.9 Å². The number of hydrogen-bond acceptors (Lipinski definition) is 3. The minimum absolute atomic E-state index is 0.479. The highest BCUT2D eigenvalue weighted by Crippen LogP contribution is 2.23. The first-order valence-corrected chi connectivity index (χ1v) is 5.63. The lowest BCUT2D eigenvalue weighted by molar-refractivity contribution is -0.0103. The zero-order valence-corrected chi connectivity index (χ0v) is 9.42. The van der Waals surface area contributed by atoms with Gasteiger partial charge in [0.1, 0.15) is 0 Å². The molecule has 0 amide bonds. The maximum absolute atomic E-state index is 5.51.